The van der Waals surface area contributed by atoms with Gasteiger partial charge >= 0.3 is 5.97 Å². The number of hydrogen-bond donors (Lipinski definition) is 1. The number of carboxylic acid groups (broad SMARTS) is 1. The molecule has 8 heteroatoms. The zero-order valence-electron chi connectivity index (χ0n) is 9.81. The van der Waals surface area contributed by atoms with Crippen LogP contribution in [0.3, 0.4) is 0 Å². The average Bonchev–Trinajstić information content (AvgIpc) is 2.36. The van der Waals surface area contributed by atoms with Crippen molar-refractivity contribution in [1.82, 2.24) is 4.98 Å². The van der Waals surface area contributed by atoms with Crippen molar-refractivity contribution in [2.45, 2.75) is 0 Å². The summed E-state index contributed by atoms with van der Waals surface area (Å²) in [4.78, 5) is 25.7. The van der Waals surface area contributed by atoms with Crippen molar-refractivity contribution in [3.8, 4) is 6.07 Å². The van der Waals surface area contributed by atoms with E-state index in [0.29, 0.717) is 0 Å². The molecule has 0 aliphatic carbocycles. The van der Waals surface area contributed by atoms with Crippen molar-refractivity contribution in [2.24, 2.45) is 0 Å². The predicted octanol–water partition coefficient (Wildman–Crippen LogP) is 0.938. The number of hydrogen-bond acceptors (Lipinski definition) is 6. The first-order valence-corrected chi connectivity index (χ1v) is 5.11. The van der Waals surface area contributed by atoms with Gasteiger partial charge in [-0.05, 0) is 0 Å². The van der Waals surface area contributed by atoms with E-state index in [9.17, 15) is 14.9 Å². The summed E-state index contributed by atoms with van der Waals surface area (Å²) in [5.41, 5.74) is -0.383. The second kappa shape index (κ2) is 6.11. The lowest BCUT2D eigenvalue weighted by molar-refractivity contribution is -0.385. The molecule has 1 N–H and O–H groups in total. The Labute approximate surface area is 108 Å². The van der Waals surface area contributed by atoms with E-state index in [0.717, 1.165) is 12.3 Å². The lowest BCUT2D eigenvalue weighted by atomic mass is 10.2. The molecule has 0 atom stereocenters. The number of carbonyl (C=O) groups is 1. The van der Waals surface area contributed by atoms with Gasteiger partial charge in [0.25, 0.3) is 5.69 Å². The van der Waals surface area contributed by atoms with Gasteiger partial charge in [-0.1, -0.05) is 6.08 Å². The fourth-order valence-corrected chi connectivity index (χ4v) is 1.43. The molecule has 8 nitrogen and oxygen atoms in total. The summed E-state index contributed by atoms with van der Waals surface area (Å²) in [6.45, 7) is 3.26. The molecule has 1 heterocycles. The number of nitrogens with zero attached hydrogens (tertiary/aromatic N) is 4. The zero-order chi connectivity index (χ0) is 14.4. The second-order valence-electron chi connectivity index (χ2n) is 3.50. The first-order valence-electron chi connectivity index (χ1n) is 5.11. The largest absolute Gasteiger partial charge is 0.480 e. The molecular weight excluding hydrogens is 252 g/mol. The third-order valence-electron chi connectivity index (χ3n) is 2.16. The van der Waals surface area contributed by atoms with Crippen molar-refractivity contribution < 1.29 is 14.8 Å². The molecule has 0 aliphatic rings. The number of aliphatic carboxylic acids is 1. The number of anilines is 1. The molecule has 1 aromatic rings. The maximum Gasteiger partial charge on any atom is 0.323 e. The topological polar surface area (TPSA) is 120 Å². The zero-order valence-corrected chi connectivity index (χ0v) is 9.81. The lowest BCUT2D eigenvalue weighted by Crippen LogP contribution is -2.31. The Morgan fingerprint density at radius 2 is 2.42 bits per heavy atom. The van der Waals surface area contributed by atoms with Crippen LogP contribution in [0.1, 0.15) is 5.56 Å². The number of carboxylic acids is 1. The normalized spacial score (nSPS) is 9.42. The second-order valence-corrected chi connectivity index (χ2v) is 3.50. The van der Waals surface area contributed by atoms with Gasteiger partial charge < -0.3 is 10.0 Å². The number of aromatic nitrogens is 1. The first kappa shape index (κ1) is 14.1. The summed E-state index contributed by atoms with van der Waals surface area (Å²) in [5.74, 6) is -1.03. The highest BCUT2D eigenvalue weighted by Crippen LogP contribution is 2.21. The third-order valence-corrected chi connectivity index (χ3v) is 2.16. The number of pyridine rings is 1. The molecule has 1 rings (SSSR count). The molecule has 0 bridgehead atoms. The van der Waals surface area contributed by atoms with Crippen molar-refractivity contribution in [1.29, 1.82) is 5.26 Å². The van der Waals surface area contributed by atoms with Crippen LogP contribution in [0.15, 0.2) is 24.9 Å². The third kappa shape index (κ3) is 3.50. The Balaban J connectivity index is 3.22. The molecule has 98 valence electrons. The summed E-state index contributed by atoms with van der Waals surface area (Å²) < 4.78 is 0. The van der Waals surface area contributed by atoms with Gasteiger partial charge in [0.15, 0.2) is 0 Å². The Kier molecular flexibility index (Phi) is 4.54. The van der Waals surface area contributed by atoms with Gasteiger partial charge in [0.05, 0.1) is 4.92 Å². The maximum absolute atomic E-state index is 10.7. The predicted molar refractivity (Wildman–Crippen MR) is 65.7 cm³/mol. The Hall–Kier alpha value is -2.95. The minimum absolute atomic E-state index is 0.0581. The van der Waals surface area contributed by atoms with Crippen molar-refractivity contribution >= 4 is 17.5 Å². The summed E-state index contributed by atoms with van der Waals surface area (Å²) in [5, 5.41) is 28.3. The summed E-state index contributed by atoms with van der Waals surface area (Å²) in [6.07, 6.45) is 2.43. The fourth-order valence-electron chi connectivity index (χ4n) is 1.43. The molecule has 19 heavy (non-hydrogen) atoms. The van der Waals surface area contributed by atoms with Crippen LogP contribution < -0.4 is 4.90 Å². The SMILES string of the molecule is C=CCN(CC(=O)O)c1ncc([N+](=O)[O-])cc1C#N. The minimum atomic E-state index is -1.11. The summed E-state index contributed by atoms with van der Waals surface area (Å²) in [7, 11) is 0. The number of nitriles is 1. The standard InChI is InChI=1S/C11H10N4O4/c1-2-3-14(7-10(16)17)11-8(5-12)4-9(6-13-11)15(18)19/h2,4,6H,1,3,7H2,(H,16,17). The molecule has 0 aromatic carbocycles. The molecule has 0 radical (unpaired) electrons. The molecule has 0 fully saturated rings. The van der Waals surface area contributed by atoms with Crippen LogP contribution in [-0.2, 0) is 4.79 Å². The van der Waals surface area contributed by atoms with E-state index < -0.39 is 10.9 Å². The van der Waals surface area contributed by atoms with E-state index in [1.54, 1.807) is 6.07 Å². The van der Waals surface area contributed by atoms with Crippen LogP contribution in [0.2, 0.25) is 0 Å². The average molecular weight is 262 g/mol. The van der Waals surface area contributed by atoms with Crippen molar-refractivity contribution in [3.05, 3.63) is 40.6 Å². The first-order chi connectivity index (χ1) is 8.99. The smallest absolute Gasteiger partial charge is 0.323 e. The number of rotatable bonds is 6. The quantitative estimate of drug-likeness (QED) is 0.460. The van der Waals surface area contributed by atoms with Crippen LogP contribution in [-0.4, -0.2) is 34.1 Å². The highest BCUT2D eigenvalue weighted by atomic mass is 16.6. The molecular formula is C11H10N4O4. The summed E-state index contributed by atoms with van der Waals surface area (Å²) >= 11 is 0. The van der Waals surface area contributed by atoms with E-state index in [2.05, 4.69) is 11.6 Å². The highest BCUT2D eigenvalue weighted by Gasteiger charge is 2.18. The molecule has 1 aromatic heterocycles. The Morgan fingerprint density at radius 1 is 1.74 bits per heavy atom. The van der Waals surface area contributed by atoms with E-state index in [-0.39, 0.29) is 30.2 Å². The molecule has 0 unspecified atom stereocenters. The Bertz CT molecular complexity index is 564. The van der Waals surface area contributed by atoms with Gasteiger partial charge in [-0.2, -0.15) is 5.26 Å². The van der Waals surface area contributed by atoms with Crippen molar-refractivity contribution in [3.63, 3.8) is 0 Å². The van der Waals surface area contributed by atoms with Crippen LogP contribution in [0.5, 0.6) is 0 Å². The van der Waals surface area contributed by atoms with E-state index in [1.807, 2.05) is 0 Å². The minimum Gasteiger partial charge on any atom is -0.480 e. The van der Waals surface area contributed by atoms with Gasteiger partial charge in [0.1, 0.15) is 30.2 Å². The van der Waals surface area contributed by atoms with E-state index in [4.69, 9.17) is 10.4 Å². The summed E-state index contributed by atoms with van der Waals surface area (Å²) in [6, 6.07) is 2.82. The molecule has 0 amide bonds. The molecule has 0 spiro atoms. The van der Waals surface area contributed by atoms with Crippen LogP contribution in [0.25, 0.3) is 0 Å². The van der Waals surface area contributed by atoms with Crippen LogP contribution >= 0.6 is 0 Å². The molecule has 0 saturated heterocycles. The highest BCUT2D eigenvalue weighted by molar-refractivity contribution is 5.74. The van der Waals surface area contributed by atoms with Gasteiger partial charge in [-0.15, -0.1) is 6.58 Å². The van der Waals surface area contributed by atoms with Gasteiger partial charge in [-0.25, -0.2) is 4.98 Å². The van der Waals surface area contributed by atoms with E-state index in [1.165, 1.54) is 11.0 Å². The molecule has 0 saturated carbocycles. The lowest BCUT2D eigenvalue weighted by Gasteiger charge is -2.20. The van der Waals surface area contributed by atoms with Gasteiger partial charge in [-0.3, -0.25) is 14.9 Å². The monoisotopic (exact) mass is 262 g/mol. The van der Waals surface area contributed by atoms with Crippen molar-refractivity contribution in [2.75, 3.05) is 18.0 Å². The number of nitro groups is 1. The molecule has 0 aliphatic heterocycles. The fraction of sp³-hybridized carbons (Fsp3) is 0.182. The van der Waals surface area contributed by atoms with Gasteiger partial charge in [0, 0.05) is 12.6 Å². The van der Waals surface area contributed by atoms with E-state index >= 15 is 0 Å². The van der Waals surface area contributed by atoms with Crippen LogP contribution in [0.4, 0.5) is 11.5 Å². The van der Waals surface area contributed by atoms with Crippen LogP contribution in [0, 0.1) is 21.4 Å². The van der Waals surface area contributed by atoms with Gasteiger partial charge in [0.2, 0.25) is 0 Å². The maximum atomic E-state index is 10.7. The Morgan fingerprint density at radius 3 is 2.89 bits per heavy atom.